The predicted octanol–water partition coefficient (Wildman–Crippen LogP) is 3.74. The van der Waals surface area contributed by atoms with Gasteiger partial charge in [0.25, 0.3) is 0 Å². The van der Waals surface area contributed by atoms with Gasteiger partial charge in [0.1, 0.15) is 23.0 Å². The van der Waals surface area contributed by atoms with Gasteiger partial charge in [0.15, 0.2) is 0 Å². The molecule has 70 valence electrons. The topological polar surface area (TPSA) is 9.23 Å². The number of fused-ring (bicyclic) bond motifs is 1. The summed E-state index contributed by atoms with van der Waals surface area (Å²) in [6.07, 6.45) is 3.97. The summed E-state index contributed by atoms with van der Waals surface area (Å²) in [6.45, 7) is 2.19. The highest BCUT2D eigenvalue weighted by Crippen LogP contribution is 2.35. The van der Waals surface area contributed by atoms with Crippen LogP contribution in [0.1, 0.15) is 35.6 Å². The lowest BCUT2D eigenvalue weighted by Gasteiger charge is -2.24. The molecule has 0 N–H and O–H groups in total. The van der Waals surface area contributed by atoms with Gasteiger partial charge in [-0.1, -0.05) is 18.2 Å². The van der Waals surface area contributed by atoms with Crippen molar-refractivity contribution < 1.29 is 3.07 Å². The molecule has 0 amide bonds. The van der Waals surface area contributed by atoms with Gasteiger partial charge in [-0.05, 0) is 42.9 Å². The second kappa shape index (κ2) is 3.96. The van der Waals surface area contributed by atoms with E-state index in [2.05, 4.69) is 25.1 Å². The molecule has 1 aliphatic carbocycles. The summed E-state index contributed by atoms with van der Waals surface area (Å²) in [5, 5.41) is 0. The standard InChI is InChI=1S/C11H13IO/c1-8-4-2-6-10-9(8)5-3-7-11(10)13-12/h2,4,6,11H,3,5,7H2,1H3. The number of benzene rings is 1. The van der Waals surface area contributed by atoms with E-state index in [9.17, 15) is 0 Å². The third kappa shape index (κ3) is 1.74. The van der Waals surface area contributed by atoms with Gasteiger partial charge < -0.3 is 3.07 Å². The Bertz CT molecular complexity index is 309. The maximum Gasteiger partial charge on any atom is 0.110 e. The van der Waals surface area contributed by atoms with Crippen LogP contribution in [-0.2, 0) is 9.49 Å². The number of hydrogen-bond donors (Lipinski definition) is 0. The third-order valence-corrected chi connectivity index (χ3v) is 3.41. The summed E-state index contributed by atoms with van der Waals surface area (Å²) in [7, 11) is 0. The molecular formula is C11H13IO. The van der Waals surface area contributed by atoms with E-state index in [0.717, 1.165) is 0 Å². The maximum atomic E-state index is 5.44. The van der Waals surface area contributed by atoms with E-state index in [4.69, 9.17) is 3.07 Å². The third-order valence-electron chi connectivity index (χ3n) is 2.79. The molecule has 0 aromatic heterocycles. The Morgan fingerprint density at radius 2 is 2.31 bits per heavy atom. The van der Waals surface area contributed by atoms with Crippen LogP contribution in [0.5, 0.6) is 0 Å². The highest BCUT2D eigenvalue weighted by atomic mass is 127. The van der Waals surface area contributed by atoms with E-state index < -0.39 is 0 Å². The van der Waals surface area contributed by atoms with Gasteiger partial charge in [0.05, 0.1) is 6.10 Å². The molecule has 1 aromatic carbocycles. The highest BCUT2D eigenvalue weighted by molar-refractivity contribution is 14.1. The predicted molar refractivity (Wildman–Crippen MR) is 62.0 cm³/mol. The molecule has 0 fully saturated rings. The summed E-state index contributed by atoms with van der Waals surface area (Å²) >= 11 is 2.02. The van der Waals surface area contributed by atoms with Crippen LogP contribution in [0.4, 0.5) is 0 Å². The van der Waals surface area contributed by atoms with Gasteiger partial charge in [-0.3, -0.25) is 0 Å². The molecule has 1 nitrogen and oxygen atoms in total. The minimum atomic E-state index is 0.323. The van der Waals surface area contributed by atoms with E-state index in [1.807, 2.05) is 23.0 Å². The first-order valence-electron chi connectivity index (χ1n) is 4.68. The van der Waals surface area contributed by atoms with Crippen LogP contribution < -0.4 is 0 Å². The molecule has 0 saturated heterocycles. The van der Waals surface area contributed by atoms with Gasteiger partial charge in [-0.15, -0.1) is 0 Å². The zero-order valence-corrected chi connectivity index (χ0v) is 9.87. The van der Waals surface area contributed by atoms with E-state index in [0.29, 0.717) is 6.10 Å². The van der Waals surface area contributed by atoms with Gasteiger partial charge in [-0.2, -0.15) is 0 Å². The minimum absolute atomic E-state index is 0.323. The smallest absolute Gasteiger partial charge is 0.110 e. The Balaban J connectivity index is 2.45. The van der Waals surface area contributed by atoms with E-state index in [1.165, 1.54) is 36.0 Å². The molecule has 13 heavy (non-hydrogen) atoms. The Labute approximate surface area is 93.2 Å². The zero-order chi connectivity index (χ0) is 9.26. The number of aryl methyl sites for hydroxylation is 1. The summed E-state index contributed by atoms with van der Waals surface area (Å²) in [4.78, 5) is 0. The van der Waals surface area contributed by atoms with Crippen molar-refractivity contribution in [3.05, 3.63) is 34.9 Å². The van der Waals surface area contributed by atoms with Crippen LogP contribution in [0.15, 0.2) is 18.2 Å². The van der Waals surface area contributed by atoms with Crippen LogP contribution >= 0.6 is 23.0 Å². The van der Waals surface area contributed by atoms with E-state index >= 15 is 0 Å². The second-order valence-electron chi connectivity index (χ2n) is 3.61. The molecule has 2 heteroatoms. The van der Waals surface area contributed by atoms with Crippen molar-refractivity contribution in [2.24, 2.45) is 0 Å². The number of rotatable bonds is 1. The molecule has 0 spiro atoms. The molecule has 0 heterocycles. The fourth-order valence-electron chi connectivity index (χ4n) is 2.08. The van der Waals surface area contributed by atoms with Crippen LogP contribution in [0, 0.1) is 6.92 Å². The SMILES string of the molecule is Cc1cccc2c1CCCC2OI. The van der Waals surface area contributed by atoms with Gasteiger partial charge in [0, 0.05) is 0 Å². The fraction of sp³-hybridized carbons (Fsp3) is 0.455. The largest absolute Gasteiger partial charge is 0.308 e. The summed E-state index contributed by atoms with van der Waals surface area (Å²) < 4.78 is 5.44. The first-order valence-corrected chi connectivity index (χ1v) is 5.57. The number of halogens is 1. The van der Waals surface area contributed by atoms with Crippen molar-refractivity contribution in [1.29, 1.82) is 0 Å². The molecule has 1 atom stereocenters. The maximum absolute atomic E-state index is 5.44. The fourth-order valence-corrected chi connectivity index (χ4v) is 2.61. The van der Waals surface area contributed by atoms with Crippen molar-refractivity contribution in [3.8, 4) is 0 Å². The van der Waals surface area contributed by atoms with E-state index in [1.54, 1.807) is 0 Å². The highest BCUT2D eigenvalue weighted by Gasteiger charge is 2.20. The molecular weight excluding hydrogens is 275 g/mol. The van der Waals surface area contributed by atoms with Crippen molar-refractivity contribution in [1.82, 2.24) is 0 Å². The average molecular weight is 288 g/mol. The molecule has 2 rings (SSSR count). The lowest BCUT2D eigenvalue weighted by molar-refractivity contribution is 0.257. The lowest BCUT2D eigenvalue weighted by Crippen LogP contribution is -2.10. The van der Waals surface area contributed by atoms with Crippen LogP contribution in [-0.4, -0.2) is 0 Å². The van der Waals surface area contributed by atoms with Gasteiger partial charge >= 0.3 is 0 Å². The Morgan fingerprint density at radius 3 is 3.08 bits per heavy atom. The first kappa shape index (κ1) is 9.46. The molecule has 0 bridgehead atoms. The van der Waals surface area contributed by atoms with Crippen LogP contribution in [0.3, 0.4) is 0 Å². The van der Waals surface area contributed by atoms with Crippen molar-refractivity contribution in [2.45, 2.75) is 32.3 Å². The molecule has 0 aliphatic heterocycles. The number of hydrogen-bond acceptors (Lipinski definition) is 1. The summed E-state index contributed by atoms with van der Waals surface area (Å²) in [6, 6.07) is 6.52. The Hall–Kier alpha value is -0.0900. The lowest BCUT2D eigenvalue weighted by atomic mass is 9.87. The molecule has 1 aromatic rings. The van der Waals surface area contributed by atoms with Gasteiger partial charge in [-0.25, -0.2) is 0 Å². The minimum Gasteiger partial charge on any atom is -0.308 e. The van der Waals surface area contributed by atoms with Gasteiger partial charge in [0.2, 0.25) is 0 Å². The second-order valence-corrected chi connectivity index (χ2v) is 4.12. The Kier molecular flexibility index (Phi) is 2.89. The monoisotopic (exact) mass is 288 g/mol. The molecule has 0 saturated carbocycles. The average Bonchev–Trinajstić information content (AvgIpc) is 2.18. The Morgan fingerprint density at radius 1 is 1.46 bits per heavy atom. The first-order chi connectivity index (χ1) is 6.33. The quantitative estimate of drug-likeness (QED) is 0.715. The molecule has 0 radical (unpaired) electrons. The van der Waals surface area contributed by atoms with Crippen molar-refractivity contribution in [3.63, 3.8) is 0 Å². The normalized spacial score (nSPS) is 21.2. The zero-order valence-electron chi connectivity index (χ0n) is 7.72. The summed E-state index contributed by atoms with van der Waals surface area (Å²) in [5.74, 6) is 0. The summed E-state index contributed by atoms with van der Waals surface area (Å²) in [5.41, 5.74) is 4.33. The van der Waals surface area contributed by atoms with Crippen LogP contribution in [0.2, 0.25) is 0 Å². The molecule has 1 unspecified atom stereocenters. The molecule has 1 aliphatic rings. The van der Waals surface area contributed by atoms with Crippen LogP contribution in [0.25, 0.3) is 0 Å². The van der Waals surface area contributed by atoms with E-state index in [-0.39, 0.29) is 0 Å². The van der Waals surface area contributed by atoms with Crippen molar-refractivity contribution in [2.75, 3.05) is 0 Å². The van der Waals surface area contributed by atoms with Crippen molar-refractivity contribution >= 4 is 23.0 Å².